The quantitative estimate of drug-likeness (QED) is 0.200. The van der Waals surface area contributed by atoms with E-state index in [0.717, 1.165) is 0 Å². The van der Waals surface area contributed by atoms with Crippen molar-refractivity contribution in [2.75, 3.05) is 0 Å². The molecule has 1 unspecified atom stereocenters. The van der Waals surface area contributed by atoms with Crippen molar-refractivity contribution >= 4 is 63.1 Å². The van der Waals surface area contributed by atoms with Gasteiger partial charge < -0.3 is 33.5 Å². The van der Waals surface area contributed by atoms with Crippen LogP contribution in [0.1, 0.15) is 34.6 Å². The second-order valence-corrected chi connectivity index (χ2v) is 10.0. The number of aliphatic hydroxyl groups is 1. The first-order valence-corrected chi connectivity index (χ1v) is 11.9. The molecule has 2 aliphatic heterocycles. The SMILES string of the molecule is CC(=O)O[C@@H]1[C@@H](I)[C@H](O[C@H]2[C@H](OC(C)=O)[C@@H](C)OC(O)[C@@H]2I)O[C@H](C)[C@H]1OC(C)=O. The fourth-order valence-electron chi connectivity index (χ4n) is 3.40. The highest BCUT2D eigenvalue weighted by Crippen LogP contribution is 2.36. The van der Waals surface area contributed by atoms with E-state index in [2.05, 4.69) is 0 Å². The predicted molar refractivity (Wildman–Crippen MR) is 118 cm³/mol. The molecule has 0 saturated carbocycles. The number of aliphatic hydroxyl groups excluding tert-OH is 1. The fraction of sp³-hybridized carbons (Fsp3) is 0.833. The van der Waals surface area contributed by atoms with Gasteiger partial charge in [-0.2, -0.15) is 0 Å². The third-order valence-corrected chi connectivity index (χ3v) is 7.25. The molecule has 0 aromatic rings. The summed E-state index contributed by atoms with van der Waals surface area (Å²) in [7, 11) is 0. The van der Waals surface area contributed by atoms with Crippen molar-refractivity contribution in [3.63, 3.8) is 0 Å². The Bertz CT molecular complexity index is 646. The highest BCUT2D eigenvalue weighted by Gasteiger charge is 2.52. The standard InChI is InChI=1S/C18H26I2O10/c1-6-13(27-8(3)21)15(11(19)17(24)25-6)30-18-12(20)16(29-10(5)23)14(7(2)26-18)28-9(4)22/h6-7,11-18,24H,1-5H3/t6-,7-,11-,12-,13-,14-,15-,16-,17?,18+/m1/s1. The molecule has 0 bridgehead atoms. The Kier molecular flexibility index (Phi) is 9.55. The molecular formula is C18H26I2O10. The molecule has 2 heterocycles. The summed E-state index contributed by atoms with van der Waals surface area (Å²) in [6.07, 6.45) is -6.46. The van der Waals surface area contributed by atoms with Gasteiger partial charge in [-0.1, -0.05) is 45.2 Å². The van der Waals surface area contributed by atoms with Crippen LogP contribution in [0.25, 0.3) is 0 Å². The van der Waals surface area contributed by atoms with Crippen LogP contribution in [0.2, 0.25) is 0 Å². The van der Waals surface area contributed by atoms with Gasteiger partial charge in [-0.3, -0.25) is 14.4 Å². The molecule has 172 valence electrons. The molecule has 0 spiro atoms. The van der Waals surface area contributed by atoms with Crippen LogP contribution in [-0.2, 0) is 42.8 Å². The van der Waals surface area contributed by atoms with E-state index < -0.39 is 75.0 Å². The molecule has 30 heavy (non-hydrogen) atoms. The Labute approximate surface area is 201 Å². The second-order valence-electron chi connectivity index (χ2n) is 7.15. The van der Waals surface area contributed by atoms with Gasteiger partial charge in [-0.05, 0) is 13.8 Å². The number of esters is 3. The van der Waals surface area contributed by atoms with Crippen LogP contribution in [0.4, 0.5) is 0 Å². The van der Waals surface area contributed by atoms with Crippen molar-refractivity contribution in [3.8, 4) is 0 Å². The molecule has 0 aromatic heterocycles. The van der Waals surface area contributed by atoms with Crippen LogP contribution in [0.3, 0.4) is 0 Å². The zero-order valence-electron chi connectivity index (χ0n) is 17.2. The van der Waals surface area contributed by atoms with Crippen LogP contribution in [0.15, 0.2) is 0 Å². The van der Waals surface area contributed by atoms with Gasteiger partial charge in [0.1, 0.15) is 10.0 Å². The summed E-state index contributed by atoms with van der Waals surface area (Å²) in [6.45, 7) is 7.14. The monoisotopic (exact) mass is 656 g/mol. The summed E-state index contributed by atoms with van der Waals surface area (Å²) < 4.78 is 32.5. The van der Waals surface area contributed by atoms with Gasteiger partial charge in [-0.15, -0.1) is 0 Å². The topological polar surface area (TPSA) is 127 Å². The van der Waals surface area contributed by atoms with Gasteiger partial charge in [0.05, 0.1) is 16.1 Å². The van der Waals surface area contributed by atoms with Gasteiger partial charge in [0.15, 0.2) is 30.9 Å². The maximum absolute atomic E-state index is 11.6. The van der Waals surface area contributed by atoms with E-state index in [4.69, 9.17) is 28.4 Å². The van der Waals surface area contributed by atoms with Gasteiger partial charge in [0.2, 0.25) is 0 Å². The maximum atomic E-state index is 11.6. The summed E-state index contributed by atoms with van der Waals surface area (Å²) in [5.74, 6) is -1.58. The van der Waals surface area contributed by atoms with Gasteiger partial charge in [-0.25, -0.2) is 0 Å². The number of hydrogen-bond acceptors (Lipinski definition) is 10. The lowest BCUT2D eigenvalue weighted by Gasteiger charge is -2.46. The van der Waals surface area contributed by atoms with Gasteiger partial charge in [0, 0.05) is 20.8 Å². The molecule has 2 aliphatic rings. The van der Waals surface area contributed by atoms with E-state index in [0.29, 0.717) is 0 Å². The molecule has 2 saturated heterocycles. The number of carbonyl (C=O) groups is 3. The van der Waals surface area contributed by atoms with E-state index >= 15 is 0 Å². The van der Waals surface area contributed by atoms with Crippen molar-refractivity contribution in [3.05, 3.63) is 0 Å². The zero-order valence-corrected chi connectivity index (χ0v) is 21.5. The molecule has 0 amide bonds. The summed E-state index contributed by atoms with van der Waals surface area (Å²) in [5, 5.41) is 10.2. The molecule has 2 rings (SSSR count). The first-order valence-electron chi connectivity index (χ1n) is 9.36. The normalized spacial score (nSPS) is 41.6. The van der Waals surface area contributed by atoms with Gasteiger partial charge in [0.25, 0.3) is 0 Å². The molecular weight excluding hydrogens is 630 g/mol. The molecule has 0 radical (unpaired) electrons. The predicted octanol–water partition coefficient (Wildman–Crippen LogP) is 1.26. The lowest BCUT2D eigenvalue weighted by Crippen LogP contribution is -2.62. The Morgan fingerprint density at radius 2 is 1.17 bits per heavy atom. The Hall–Kier alpha value is -0.290. The summed E-state index contributed by atoms with van der Waals surface area (Å²) in [5.41, 5.74) is 0. The van der Waals surface area contributed by atoms with Crippen LogP contribution in [-0.4, -0.2) is 80.1 Å². The van der Waals surface area contributed by atoms with E-state index in [1.54, 1.807) is 13.8 Å². The number of carbonyl (C=O) groups excluding carboxylic acids is 3. The van der Waals surface area contributed by atoms with Crippen molar-refractivity contribution in [1.82, 2.24) is 0 Å². The third kappa shape index (κ3) is 6.37. The van der Waals surface area contributed by atoms with E-state index in [9.17, 15) is 19.5 Å². The molecule has 1 N–H and O–H groups in total. The molecule has 0 aliphatic carbocycles. The summed E-state index contributed by atoms with van der Waals surface area (Å²) >= 11 is 3.98. The lowest BCUT2D eigenvalue weighted by molar-refractivity contribution is -0.296. The van der Waals surface area contributed by atoms with Crippen molar-refractivity contribution < 1.29 is 47.9 Å². The number of halogens is 2. The zero-order chi connectivity index (χ0) is 22.7. The van der Waals surface area contributed by atoms with E-state index in [1.165, 1.54) is 20.8 Å². The minimum Gasteiger partial charge on any atom is -0.457 e. The molecule has 2 fully saturated rings. The van der Waals surface area contributed by atoms with Crippen LogP contribution in [0, 0.1) is 0 Å². The van der Waals surface area contributed by atoms with Crippen molar-refractivity contribution in [2.24, 2.45) is 0 Å². The summed E-state index contributed by atoms with van der Waals surface area (Å²) in [6, 6.07) is 0. The average molecular weight is 656 g/mol. The third-order valence-electron chi connectivity index (χ3n) is 4.63. The van der Waals surface area contributed by atoms with Crippen molar-refractivity contribution in [2.45, 2.75) is 91.7 Å². The minimum atomic E-state index is -1.14. The Balaban J connectivity index is 2.26. The smallest absolute Gasteiger partial charge is 0.303 e. The number of ether oxygens (including phenoxy) is 6. The van der Waals surface area contributed by atoms with Crippen LogP contribution in [0.5, 0.6) is 0 Å². The van der Waals surface area contributed by atoms with Gasteiger partial charge >= 0.3 is 17.9 Å². The number of hydrogen-bond donors (Lipinski definition) is 1. The number of alkyl halides is 2. The first kappa shape index (κ1) is 26.0. The molecule has 10 nitrogen and oxygen atoms in total. The number of rotatable bonds is 5. The first-order chi connectivity index (χ1) is 13.9. The van der Waals surface area contributed by atoms with E-state index in [1.807, 2.05) is 45.2 Å². The van der Waals surface area contributed by atoms with Crippen molar-refractivity contribution in [1.29, 1.82) is 0 Å². The minimum absolute atomic E-state index is 0.513. The average Bonchev–Trinajstić information content (AvgIpc) is 2.62. The van der Waals surface area contributed by atoms with Crippen LogP contribution >= 0.6 is 45.2 Å². The van der Waals surface area contributed by atoms with Crippen LogP contribution < -0.4 is 0 Å². The summed E-state index contributed by atoms with van der Waals surface area (Å²) in [4.78, 5) is 34.7. The Morgan fingerprint density at radius 3 is 1.67 bits per heavy atom. The largest absolute Gasteiger partial charge is 0.457 e. The molecule has 12 heteroatoms. The Morgan fingerprint density at radius 1 is 0.733 bits per heavy atom. The lowest BCUT2D eigenvalue weighted by atomic mass is 10.00. The fourth-order valence-corrected chi connectivity index (χ4v) is 5.04. The highest BCUT2D eigenvalue weighted by molar-refractivity contribution is 14.1. The second kappa shape index (κ2) is 11.0. The highest BCUT2D eigenvalue weighted by atomic mass is 127. The molecule has 0 aromatic carbocycles. The maximum Gasteiger partial charge on any atom is 0.303 e. The van der Waals surface area contributed by atoms with E-state index in [-0.39, 0.29) is 0 Å². The molecule has 10 atom stereocenters.